The van der Waals surface area contributed by atoms with Gasteiger partial charge in [-0.1, -0.05) is 41.9 Å². The van der Waals surface area contributed by atoms with Crippen LogP contribution in [0.25, 0.3) is 22.3 Å². The summed E-state index contributed by atoms with van der Waals surface area (Å²) in [6.45, 7) is 5.02. The highest BCUT2D eigenvalue weighted by atomic mass is 35.5. The number of hydrogen-bond acceptors (Lipinski definition) is 7. The van der Waals surface area contributed by atoms with E-state index in [0.29, 0.717) is 30.4 Å². The molecule has 12 heteroatoms. The Morgan fingerprint density at radius 1 is 0.977 bits per heavy atom. The van der Waals surface area contributed by atoms with Crippen molar-refractivity contribution in [2.45, 2.75) is 57.3 Å². The van der Waals surface area contributed by atoms with E-state index < -0.39 is 5.60 Å². The smallest absolute Gasteiger partial charge is 0.281 e. The number of nitrogens with zero attached hydrogens (tertiary/aromatic N) is 6. The van der Waals surface area contributed by atoms with Crippen molar-refractivity contribution in [1.29, 1.82) is 0 Å². The molecule has 2 aromatic heterocycles. The van der Waals surface area contributed by atoms with E-state index in [2.05, 4.69) is 38.1 Å². The maximum Gasteiger partial charge on any atom is 0.281 e. The van der Waals surface area contributed by atoms with Crippen molar-refractivity contribution in [2.24, 2.45) is 12.8 Å². The van der Waals surface area contributed by atoms with E-state index in [1.165, 1.54) is 35.8 Å². The second kappa shape index (κ2) is 14.0. The number of anilines is 1. The van der Waals surface area contributed by atoms with Gasteiger partial charge in [0.1, 0.15) is 5.52 Å². The van der Waals surface area contributed by atoms with Crippen LogP contribution in [0.15, 0.2) is 53.6 Å². The molecule has 0 radical (unpaired) electrons. The van der Waals surface area contributed by atoms with E-state index in [1.54, 1.807) is 4.68 Å². The van der Waals surface area contributed by atoms with Gasteiger partial charge in [-0.15, -0.1) is 24.8 Å². The lowest BCUT2D eigenvalue weighted by atomic mass is 9.91. The van der Waals surface area contributed by atoms with Gasteiger partial charge in [-0.2, -0.15) is 5.10 Å². The van der Waals surface area contributed by atoms with Crippen LogP contribution in [0.2, 0.25) is 5.02 Å². The maximum atomic E-state index is 13.4. The quantitative estimate of drug-likeness (QED) is 0.298. The monoisotopic (exact) mass is 647 g/mol. The summed E-state index contributed by atoms with van der Waals surface area (Å²) in [5, 5.41) is 16.7. The summed E-state index contributed by atoms with van der Waals surface area (Å²) in [6, 6.07) is 14.3. The molecule has 2 fully saturated rings. The lowest BCUT2D eigenvalue weighted by Gasteiger charge is -2.38. The average Bonchev–Trinajstić information content (AvgIpc) is 3.34. The SMILES string of the molecule is Cl.Cl.Cn1nc2c(=O)n(CC3(O)CCN(Cc4ccc(N5CCCCC5)cc4Cl)CC3)cnc2c1-c1ccc(CN)cc1. The van der Waals surface area contributed by atoms with Crippen LogP contribution in [-0.4, -0.2) is 61.1 Å². The van der Waals surface area contributed by atoms with Gasteiger partial charge in [-0.25, -0.2) is 4.98 Å². The third kappa shape index (κ3) is 7.03. The summed E-state index contributed by atoms with van der Waals surface area (Å²) < 4.78 is 3.20. The van der Waals surface area contributed by atoms with E-state index >= 15 is 0 Å². The van der Waals surface area contributed by atoms with Gasteiger partial charge in [-0.05, 0) is 55.4 Å². The largest absolute Gasteiger partial charge is 0.388 e. The number of aryl methyl sites for hydroxylation is 1. The number of benzene rings is 2. The third-order valence-electron chi connectivity index (χ3n) is 8.68. The Kier molecular flexibility index (Phi) is 10.8. The molecule has 2 saturated heterocycles. The molecule has 3 N–H and O–H groups in total. The molecular formula is C31H40Cl3N7O2. The summed E-state index contributed by atoms with van der Waals surface area (Å²) >= 11 is 6.70. The van der Waals surface area contributed by atoms with Crippen molar-refractivity contribution < 1.29 is 5.11 Å². The maximum absolute atomic E-state index is 13.4. The lowest BCUT2D eigenvalue weighted by Crippen LogP contribution is -2.47. The van der Waals surface area contributed by atoms with Gasteiger partial charge in [0.15, 0.2) is 5.52 Å². The second-order valence-corrected chi connectivity index (χ2v) is 12.0. The Hall–Kier alpha value is -2.66. The van der Waals surface area contributed by atoms with Gasteiger partial charge >= 0.3 is 0 Å². The topological polar surface area (TPSA) is 105 Å². The fraction of sp³-hybridized carbons (Fsp3) is 0.452. The molecule has 2 aromatic carbocycles. The van der Waals surface area contributed by atoms with Crippen molar-refractivity contribution in [3.05, 3.63) is 75.3 Å². The minimum absolute atomic E-state index is 0. The highest BCUT2D eigenvalue weighted by Gasteiger charge is 2.33. The predicted octanol–water partition coefficient (Wildman–Crippen LogP) is 4.77. The molecule has 0 unspecified atom stereocenters. The zero-order valence-corrected chi connectivity index (χ0v) is 26.8. The summed E-state index contributed by atoms with van der Waals surface area (Å²) in [4.78, 5) is 22.8. The first-order chi connectivity index (χ1) is 19.8. The first-order valence-electron chi connectivity index (χ1n) is 14.5. The third-order valence-corrected chi connectivity index (χ3v) is 9.03. The molecule has 0 atom stereocenters. The zero-order chi connectivity index (χ0) is 28.6. The number of aliphatic hydroxyl groups is 1. The molecule has 0 saturated carbocycles. The minimum Gasteiger partial charge on any atom is -0.388 e. The van der Waals surface area contributed by atoms with Crippen LogP contribution in [0, 0.1) is 0 Å². The minimum atomic E-state index is -0.993. The number of nitrogens with two attached hydrogens (primary N) is 1. The van der Waals surface area contributed by atoms with E-state index in [4.69, 9.17) is 17.3 Å². The molecule has 0 aliphatic carbocycles. The van der Waals surface area contributed by atoms with E-state index in [0.717, 1.165) is 60.1 Å². The highest BCUT2D eigenvalue weighted by Crippen LogP contribution is 2.30. The van der Waals surface area contributed by atoms with Gasteiger partial charge < -0.3 is 15.7 Å². The molecule has 0 bridgehead atoms. The molecule has 4 heterocycles. The molecular weight excluding hydrogens is 609 g/mol. The van der Waals surface area contributed by atoms with Crippen molar-refractivity contribution in [2.75, 3.05) is 31.1 Å². The summed E-state index contributed by atoms with van der Waals surface area (Å²) in [5.41, 5.74) is 10.4. The van der Waals surface area contributed by atoms with Gasteiger partial charge in [0.2, 0.25) is 0 Å². The fourth-order valence-electron chi connectivity index (χ4n) is 6.19. The molecule has 2 aliphatic heterocycles. The number of fused-ring (bicyclic) bond motifs is 1. The predicted molar refractivity (Wildman–Crippen MR) is 178 cm³/mol. The first-order valence-corrected chi connectivity index (χ1v) is 14.9. The standard InChI is InChI=1S/C31H38ClN7O2.2ClH/c1-36-29(23-7-5-22(18-33)6-8-23)27-28(35-36)30(40)39(21-34-27)20-31(41)11-15-37(16-12-31)19-24-9-10-25(17-26(24)32)38-13-3-2-4-14-38;;/h5-10,17,21,41H,2-4,11-16,18-20,33H2,1H3;2*1H. The van der Waals surface area contributed by atoms with Crippen LogP contribution in [0.5, 0.6) is 0 Å². The second-order valence-electron chi connectivity index (χ2n) is 11.6. The number of hydrogen-bond donors (Lipinski definition) is 2. The van der Waals surface area contributed by atoms with E-state index in [1.807, 2.05) is 31.3 Å². The van der Waals surface area contributed by atoms with Crippen LogP contribution in [0.4, 0.5) is 5.69 Å². The number of aromatic nitrogens is 4. The van der Waals surface area contributed by atoms with Gasteiger partial charge in [0.25, 0.3) is 5.56 Å². The molecule has 0 spiro atoms. The van der Waals surface area contributed by atoms with Gasteiger partial charge in [0.05, 0.1) is 24.2 Å². The van der Waals surface area contributed by atoms with E-state index in [9.17, 15) is 9.90 Å². The van der Waals surface area contributed by atoms with Crippen LogP contribution in [0.3, 0.4) is 0 Å². The first kappa shape index (κ1) is 33.2. The lowest BCUT2D eigenvalue weighted by molar-refractivity contribution is -0.0364. The molecule has 2 aliphatic rings. The zero-order valence-electron chi connectivity index (χ0n) is 24.4. The summed E-state index contributed by atoms with van der Waals surface area (Å²) in [5.74, 6) is 0. The Morgan fingerprint density at radius 2 is 1.67 bits per heavy atom. The Bertz CT molecular complexity index is 1590. The van der Waals surface area contributed by atoms with Gasteiger partial charge in [-0.3, -0.25) is 18.9 Å². The summed E-state index contributed by atoms with van der Waals surface area (Å²) in [6.07, 6.45) is 6.43. The van der Waals surface area contributed by atoms with Crippen LogP contribution >= 0.6 is 36.4 Å². The molecule has 6 rings (SSSR count). The fourth-order valence-corrected chi connectivity index (χ4v) is 6.42. The Morgan fingerprint density at radius 3 is 2.33 bits per heavy atom. The summed E-state index contributed by atoms with van der Waals surface area (Å²) in [7, 11) is 1.81. The van der Waals surface area contributed by atoms with Crippen molar-refractivity contribution >= 4 is 53.1 Å². The van der Waals surface area contributed by atoms with Crippen molar-refractivity contribution in [3.63, 3.8) is 0 Å². The Labute approximate surface area is 269 Å². The molecule has 4 aromatic rings. The molecule has 43 heavy (non-hydrogen) atoms. The molecule has 0 amide bonds. The van der Waals surface area contributed by atoms with E-state index in [-0.39, 0.29) is 36.9 Å². The van der Waals surface area contributed by atoms with Crippen LogP contribution in [-0.2, 0) is 26.7 Å². The number of piperidine rings is 2. The molecule has 9 nitrogen and oxygen atoms in total. The van der Waals surface area contributed by atoms with Crippen molar-refractivity contribution in [1.82, 2.24) is 24.2 Å². The number of halogens is 3. The molecule has 232 valence electrons. The Balaban J connectivity index is 0.00000212. The highest BCUT2D eigenvalue weighted by molar-refractivity contribution is 6.31. The normalized spacial score (nSPS) is 17.0. The van der Waals surface area contributed by atoms with Crippen LogP contribution < -0.4 is 16.2 Å². The average molecular weight is 649 g/mol. The number of likely N-dealkylation sites (tertiary alicyclic amines) is 1. The van der Waals surface area contributed by atoms with Crippen LogP contribution in [0.1, 0.15) is 43.2 Å². The van der Waals surface area contributed by atoms with Crippen molar-refractivity contribution in [3.8, 4) is 11.3 Å². The van der Waals surface area contributed by atoms with Gasteiger partial charge in [0, 0.05) is 62.6 Å². The number of rotatable bonds is 7.